The molecule has 1 rings (SSSR count). The first-order valence-electron chi connectivity index (χ1n) is 5.54. The largest absolute Gasteiger partial charge is 0.503 e. The molecule has 0 amide bonds. The molecule has 0 radical (unpaired) electrons. The van der Waals surface area contributed by atoms with Gasteiger partial charge in [0.2, 0.25) is 0 Å². The number of rotatable bonds is 5. The number of carbonyl (C=O) groups excluding carboxylic acids is 1. The van der Waals surface area contributed by atoms with E-state index in [-0.39, 0.29) is 33.0 Å². The van der Waals surface area contributed by atoms with Crippen LogP contribution < -0.4 is 4.74 Å². The molecule has 6 heteroatoms. The molecule has 0 saturated carbocycles. The zero-order valence-corrected chi connectivity index (χ0v) is 12.1. The van der Waals surface area contributed by atoms with Crippen LogP contribution in [-0.4, -0.2) is 11.1 Å². The lowest BCUT2D eigenvalue weighted by molar-refractivity contribution is -0.134. The number of aromatic hydroxyl groups is 1. The number of carbonyl (C=O) groups is 1. The number of unbranched alkanes of at least 4 members (excludes halogenated alkanes) is 2. The second-order valence-corrected chi connectivity index (χ2v) is 4.96. The Morgan fingerprint density at radius 2 is 1.94 bits per heavy atom. The number of esters is 1. The van der Waals surface area contributed by atoms with Crippen molar-refractivity contribution >= 4 is 40.8 Å². The quantitative estimate of drug-likeness (QED) is 0.366. The van der Waals surface area contributed by atoms with Gasteiger partial charge in [-0.25, -0.2) is 0 Å². The van der Waals surface area contributed by atoms with E-state index in [1.165, 1.54) is 6.07 Å². The van der Waals surface area contributed by atoms with Gasteiger partial charge in [-0.05, 0) is 12.5 Å². The van der Waals surface area contributed by atoms with E-state index in [0.717, 1.165) is 19.3 Å². The maximum Gasteiger partial charge on any atom is 0.311 e. The monoisotopic (exact) mass is 310 g/mol. The number of ether oxygens (including phenoxy) is 1. The molecular weight excluding hydrogens is 298 g/mol. The zero-order valence-electron chi connectivity index (χ0n) is 9.80. The fraction of sp³-hybridized carbons (Fsp3) is 0.417. The van der Waals surface area contributed by atoms with Gasteiger partial charge < -0.3 is 9.84 Å². The van der Waals surface area contributed by atoms with Crippen molar-refractivity contribution in [3.8, 4) is 11.5 Å². The van der Waals surface area contributed by atoms with Crippen molar-refractivity contribution < 1.29 is 14.6 Å². The minimum absolute atomic E-state index is 0.0132. The second-order valence-electron chi connectivity index (χ2n) is 3.76. The number of hydrogen-bond donors (Lipinski definition) is 1. The van der Waals surface area contributed by atoms with Gasteiger partial charge in [-0.15, -0.1) is 0 Å². The van der Waals surface area contributed by atoms with Crippen LogP contribution in [0.3, 0.4) is 0 Å². The highest BCUT2D eigenvalue weighted by Crippen LogP contribution is 2.44. The highest BCUT2D eigenvalue weighted by atomic mass is 35.5. The molecule has 3 nitrogen and oxygen atoms in total. The first-order chi connectivity index (χ1) is 8.47. The first-order valence-corrected chi connectivity index (χ1v) is 6.67. The molecule has 0 aromatic heterocycles. The third kappa shape index (κ3) is 3.94. The molecule has 100 valence electrons. The molecule has 0 atom stereocenters. The summed E-state index contributed by atoms with van der Waals surface area (Å²) >= 11 is 17.3. The lowest BCUT2D eigenvalue weighted by Gasteiger charge is -2.10. The molecule has 0 aliphatic rings. The highest BCUT2D eigenvalue weighted by molar-refractivity contribution is 6.44. The van der Waals surface area contributed by atoms with E-state index in [1.807, 2.05) is 6.92 Å². The van der Waals surface area contributed by atoms with Crippen LogP contribution in [-0.2, 0) is 4.79 Å². The second kappa shape index (κ2) is 7.07. The van der Waals surface area contributed by atoms with Gasteiger partial charge in [-0.3, -0.25) is 4.79 Å². The van der Waals surface area contributed by atoms with Crippen LogP contribution in [0.2, 0.25) is 15.1 Å². The molecule has 0 spiro atoms. The Labute approximate surface area is 121 Å². The van der Waals surface area contributed by atoms with E-state index >= 15 is 0 Å². The van der Waals surface area contributed by atoms with Crippen molar-refractivity contribution in [2.24, 2.45) is 0 Å². The summed E-state index contributed by atoms with van der Waals surface area (Å²) < 4.78 is 4.99. The number of phenolic OH excluding ortho intramolecular Hbond substituents is 1. The average molecular weight is 312 g/mol. The molecule has 0 aliphatic carbocycles. The van der Waals surface area contributed by atoms with Gasteiger partial charge in [0.05, 0.1) is 10.0 Å². The lowest BCUT2D eigenvalue weighted by Crippen LogP contribution is -2.08. The molecule has 1 aromatic carbocycles. The van der Waals surface area contributed by atoms with Crippen LogP contribution in [0.1, 0.15) is 32.6 Å². The Morgan fingerprint density at radius 3 is 2.56 bits per heavy atom. The topological polar surface area (TPSA) is 46.5 Å². The summed E-state index contributed by atoms with van der Waals surface area (Å²) in [5.74, 6) is -1.04. The molecule has 0 fully saturated rings. The summed E-state index contributed by atoms with van der Waals surface area (Å²) in [5.41, 5.74) is 0. The maximum atomic E-state index is 11.5. The molecule has 0 heterocycles. The molecule has 0 saturated heterocycles. The van der Waals surface area contributed by atoms with Gasteiger partial charge in [-0.2, -0.15) is 0 Å². The minimum atomic E-state index is -0.473. The highest BCUT2D eigenvalue weighted by Gasteiger charge is 2.18. The van der Waals surface area contributed by atoms with Crippen LogP contribution in [0, 0.1) is 0 Å². The smallest absolute Gasteiger partial charge is 0.311 e. The van der Waals surface area contributed by atoms with Crippen LogP contribution in [0.25, 0.3) is 0 Å². The Hall–Kier alpha value is -0.640. The Balaban J connectivity index is 2.81. The summed E-state index contributed by atoms with van der Waals surface area (Å²) in [6, 6.07) is 1.29. The molecule has 0 bridgehead atoms. The standard InChI is InChI=1S/C12H13Cl3O3/c1-2-3-4-5-9(16)18-12-10(15)7(13)6-8(14)11(12)17/h6,17H,2-5H2,1H3. The van der Waals surface area contributed by atoms with Crippen LogP contribution in [0.5, 0.6) is 11.5 Å². The summed E-state index contributed by atoms with van der Waals surface area (Å²) in [5, 5.41) is 9.75. The predicted molar refractivity (Wildman–Crippen MR) is 72.9 cm³/mol. The van der Waals surface area contributed by atoms with E-state index in [2.05, 4.69) is 0 Å². The van der Waals surface area contributed by atoms with Crippen LogP contribution in [0.15, 0.2) is 6.07 Å². The average Bonchev–Trinajstić information content (AvgIpc) is 2.32. The van der Waals surface area contributed by atoms with Crippen molar-refractivity contribution in [2.45, 2.75) is 32.6 Å². The molecule has 1 aromatic rings. The molecule has 0 unspecified atom stereocenters. The summed E-state index contributed by atoms with van der Waals surface area (Å²) in [6.45, 7) is 2.03. The molecule has 18 heavy (non-hydrogen) atoms. The van der Waals surface area contributed by atoms with Crippen molar-refractivity contribution in [1.29, 1.82) is 0 Å². The van der Waals surface area contributed by atoms with E-state index in [4.69, 9.17) is 39.5 Å². The van der Waals surface area contributed by atoms with E-state index in [1.54, 1.807) is 0 Å². The number of benzene rings is 1. The Morgan fingerprint density at radius 1 is 1.28 bits per heavy atom. The van der Waals surface area contributed by atoms with Crippen LogP contribution >= 0.6 is 34.8 Å². The third-order valence-corrected chi connectivity index (χ3v) is 3.36. The molecular formula is C12H13Cl3O3. The summed E-state index contributed by atoms with van der Waals surface area (Å²) in [6.07, 6.45) is 2.92. The van der Waals surface area contributed by atoms with E-state index < -0.39 is 5.97 Å². The number of halogens is 3. The predicted octanol–water partition coefficient (Wildman–Crippen LogP) is 4.84. The fourth-order valence-corrected chi connectivity index (χ4v) is 1.97. The van der Waals surface area contributed by atoms with Crippen molar-refractivity contribution in [2.75, 3.05) is 0 Å². The lowest BCUT2D eigenvalue weighted by atomic mass is 10.2. The Kier molecular flexibility index (Phi) is 6.06. The third-order valence-electron chi connectivity index (χ3n) is 2.30. The summed E-state index contributed by atoms with van der Waals surface area (Å²) in [4.78, 5) is 11.5. The number of hydrogen-bond acceptors (Lipinski definition) is 3. The van der Waals surface area contributed by atoms with Gasteiger partial charge in [0.1, 0.15) is 5.02 Å². The van der Waals surface area contributed by atoms with Gasteiger partial charge in [0.15, 0.2) is 11.5 Å². The normalized spacial score (nSPS) is 10.4. The SMILES string of the molecule is CCCCCC(=O)Oc1c(O)c(Cl)cc(Cl)c1Cl. The number of phenols is 1. The van der Waals surface area contributed by atoms with Crippen molar-refractivity contribution in [1.82, 2.24) is 0 Å². The van der Waals surface area contributed by atoms with E-state index in [9.17, 15) is 9.90 Å². The summed E-state index contributed by atoms with van der Waals surface area (Å²) in [7, 11) is 0. The van der Waals surface area contributed by atoms with Gasteiger partial charge >= 0.3 is 5.97 Å². The van der Waals surface area contributed by atoms with E-state index in [0.29, 0.717) is 0 Å². The van der Waals surface area contributed by atoms with Gasteiger partial charge in [0, 0.05) is 6.42 Å². The maximum absolute atomic E-state index is 11.5. The van der Waals surface area contributed by atoms with Gasteiger partial charge in [-0.1, -0.05) is 54.6 Å². The Bertz CT molecular complexity index is 420. The zero-order chi connectivity index (χ0) is 13.7. The molecule has 1 N–H and O–H groups in total. The molecule has 0 aliphatic heterocycles. The van der Waals surface area contributed by atoms with Gasteiger partial charge in [0.25, 0.3) is 0 Å². The minimum Gasteiger partial charge on any atom is -0.503 e. The van der Waals surface area contributed by atoms with Crippen molar-refractivity contribution in [3.63, 3.8) is 0 Å². The van der Waals surface area contributed by atoms with Crippen LogP contribution in [0.4, 0.5) is 0 Å². The first kappa shape index (κ1) is 15.4. The fourth-order valence-electron chi connectivity index (χ4n) is 1.34. The van der Waals surface area contributed by atoms with Crippen molar-refractivity contribution in [3.05, 3.63) is 21.1 Å².